The van der Waals surface area contributed by atoms with Crippen LogP contribution in [0.25, 0.3) is 11.0 Å². The molecular weight excluding hydrogens is 302 g/mol. The molecule has 1 N–H and O–H groups in total. The minimum Gasteiger partial charge on any atom is -0.352 e. The Kier molecular flexibility index (Phi) is 4.55. The van der Waals surface area contributed by atoms with E-state index in [4.69, 9.17) is 0 Å². The first-order valence-electron chi connectivity index (χ1n) is 8.02. The monoisotopic (exact) mass is 323 g/mol. The number of nitrogens with zero attached hydrogens (tertiary/aromatic N) is 4. The van der Waals surface area contributed by atoms with E-state index in [2.05, 4.69) is 27.2 Å². The maximum atomic E-state index is 12.4. The Morgan fingerprint density at radius 3 is 2.67 bits per heavy atom. The Morgan fingerprint density at radius 2 is 1.96 bits per heavy atom. The Labute approximate surface area is 141 Å². The van der Waals surface area contributed by atoms with Gasteiger partial charge >= 0.3 is 0 Å². The third-order valence-electron chi connectivity index (χ3n) is 4.03. The van der Waals surface area contributed by atoms with Crippen molar-refractivity contribution in [3.63, 3.8) is 0 Å². The highest BCUT2D eigenvalue weighted by Gasteiger charge is 2.10. The smallest absolute Gasteiger partial charge is 0.251 e. The standard InChI is InChI=1S/C18H21N5O/c1-12(10-23-7-6-19-11-23)9-20-18(24)15-4-5-16-17(8-15)22-14(3)13(2)21-16/h4-8,11-12H,9-10H2,1-3H3,(H,20,24)/t12-/m1/s1. The summed E-state index contributed by atoms with van der Waals surface area (Å²) in [4.78, 5) is 25.4. The van der Waals surface area contributed by atoms with Gasteiger partial charge in [-0.25, -0.2) is 15.0 Å². The lowest BCUT2D eigenvalue weighted by molar-refractivity contribution is 0.0947. The average molecular weight is 323 g/mol. The lowest BCUT2D eigenvalue weighted by atomic mass is 10.1. The summed E-state index contributed by atoms with van der Waals surface area (Å²) < 4.78 is 2.01. The Bertz CT molecular complexity index is 857. The summed E-state index contributed by atoms with van der Waals surface area (Å²) in [7, 11) is 0. The molecule has 0 saturated heterocycles. The third-order valence-corrected chi connectivity index (χ3v) is 4.03. The molecule has 124 valence electrons. The lowest BCUT2D eigenvalue weighted by Crippen LogP contribution is -2.29. The van der Waals surface area contributed by atoms with Gasteiger partial charge in [0.1, 0.15) is 0 Å². The number of aryl methyl sites for hydroxylation is 2. The van der Waals surface area contributed by atoms with Gasteiger partial charge in [0.05, 0.1) is 28.7 Å². The van der Waals surface area contributed by atoms with Gasteiger partial charge in [-0.2, -0.15) is 0 Å². The fourth-order valence-electron chi connectivity index (χ4n) is 2.56. The molecule has 6 nitrogen and oxygen atoms in total. The minimum absolute atomic E-state index is 0.0885. The van der Waals surface area contributed by atoms with Crippen LogP contribution in [0.2, 0.25) is 0 Å². The number of aromatic nitrogens is 4. The summed E-state index contributed by atoms with van der Waals surface area (Å²) >= 11 is 0. The zero-order valence-electron chi connectivity index (χ0n) is 14.2. The molecule has 0 unspecified atom stereocenters. The number of nitrogens with one attached hydrogen (secondary N) is 1. The molecule has 24 heavy (non-hydrogen) atoms. The first-order chi connectivity index (χ1) is 11.5. The van der Waals surface area contributed by atoms with Crippen LogP contribution in [0.5, 0.6) is 0 Å². The van der Waals surface area contributed by atoms with Crippen LogP contribution in [0.1, 0.15) is 28.7 Å². The average Bonchev–Trinajstić information content (AvgIpc) is 3.06. The second-order valence-corrected chi connectivity index (χ2v) is 6.17. The molecule has 0 bridgehead atoms. The first-order valence-corrected chi connectivity index (χ1v) is 8.02. The number of amides is 1. The number of carbonyl (C=O) groups excluding carboxylic acids is 1. The van der Waals surface area contributed by atoms with Crippen molar-refractivity contribution in [3.05, 3.63) is 53.9 Å². The van der Waals surface area contributed by atoms with Gasteiger partial charge in [0, 0.05) is 31.0 Å². The number of hydrogen-bond acceptors (Lipinski definition) is 4. The van der Waals surface area contributed by atoms with Crippen molar-refractivity contribution in [2.45, 2.75) is 27.3 Å². The molecule has 2 heterocycles. The SMILES string of the molecule is Cc1nc2ccc(C(=O)NC[C@@H](C)Cn3ccnc3)cc2nc1C. The maximum absolute atomic E-state index is 12.4. The van der Waals surface area contributed by atoms with Gasteiger partial charge in [-0.05, 0) is 38.0 Å². The van der Waals surface area contributed by atoms with Crippen molar-refractivity contribution in [2.75, 3.05) is 6.54 Å². The minimum atomic E-state index is -0.0885. The Morgan fingerprint density at radius 1 is 1.21 bits per heavy atom. The van der Waals surface area contributed by atoms with Crippen molar-refractivity contribution in [3.8, 4) is 0 Å². The molecule has 0 radical (unpaired) electrons. The van der Waals surface area contributed by atoms with E-state index in [9.17, 15) is 4.79 Å². The molecule has 1 amide bonds. The molecule has 0 fully saturated rings. The van der Waals surface area contributed by atoms with E-state index in [0.717, 1.165) is 29.0 Å². The van der Waals surface area contributed by atoms with Gasteiger partial charge in [0.2, 0.25) is 0 Å². The predicted molar refractivity (Wildman–Crippen MR) is 92.7 cm³/mol. The van der Waals surface area contributed by atoms with E-state index in [1.165, 1.54) is 0 Å². The first kappa shape index (κ1) is 16.1. The zero-order chi connectivity index (χ0) is 17.1. The lowest BCUT2D eigenvalue weighted by Gasteiger charge is -2.13. The highest BCUT2D eigenvalue weighted by atomic mass is 16.1. The van der Waals surface area contributed by atoms with E-state index < -0.39 is 0 Å². The number of rotatable bonds is 5. The molecule has 1 atom stereocenters. The van der Waals surface area contributed by atoms with E-state index in [1.54, 1.807) is 24.7 Å². The van der Waals surface area contributed by atoms with E-state index in [0.29, 0.717) is 18.0 Å². The van der Waals surface area contributed by atoms with Crippen molar-refractivity contribution in [1.82, 2.24) is 24.8 Å². The molecule has 0 spiro atoms. The molecule has 6 heteroatoms. The van der Waals surface area contributed by atoms with Crippen LogP contribution >= 0.6 is 0 Å². The van der Waals surface area contributed by atoms with Crippen LogP contribution in [0.3, 0.4) is 0 Å². The third kappa shape index (κ3) is 3.59. The van der Waals surface area contributed by atoms with Gasteiger partial charge in [0.25, 0.3) is 5.91 Å². The van der Waals surface area contributed by atoms with Crippen LogP contribution in [-0.2, 0) is 6.54 Å². The highest BCUT2D eigenvalue weighted by molar-refractivity contribution is 5.97. The Balaban J connectivity index is 1.66. The molecule has 0 saturated carbocycles. The molecule has 1 aromatic carbocycles. The van der Waals surface area contributed by atoms with Crippen LogP contribution in [-0.4, -0.2) is 32.0 Å². The van der Waals surface area contributed by atoms with Crippen LogP contribution < -0.4 is 5.32 Å². The van der Waals surface area contributed by atoms with Crippen molar-refractivity contribution in [1.29, 1.82) is 0 Å². The molecular formula is C18H21N5O. The predicted octanol–water partition coefficient (Wildman–Crippen LogP) is 2.51. The molecule has 0 aliphatic rings. The molecule has 3 rings (SSSR count). The number of hydrogen-bond donors (Lipinski definition) is 1. The largest absolute Gasteiger partial charge is 0.352 e. The normalized spacial score (nSPS) is 12.3. The van der Waals surface area contributed by atoms with Crippen molar-refractivity contribution in [2.24, 2.45) is 5.92 Å². The summed E-state index contributed by atoms with van der Waals surface area (Å²) in [5.41, 5.74) is 3.96. The summed E-state index contributed by atoms with van der Waals surface area (Å²) in [6, 6.07) is 5.44. The second kappa shape index (κ2) is 6.78. The maximum Gasteiger partial charge on any atom is 0.251 e. The quantitative estimate of drug-likeness (QED) is 0.783. The number of imidazole rings is 1. The van der Waals surface area contributed by atoms with E-state index >= 15 is 0 Å². The van der Waals surface area contributed by atoms with E-state index in [-0.39, 0.29) is 5.91 Å². The molecule has 0 aliphatic heterocycles. The molecule has 0 aliphatic carbocycles. The fraction of sp³-hybridized carbons (Fsp3) is 0.333. The van der Waals surface area contributed by atoms with Crippen molar-refractivity contribution >= 4 is 16.9 Å². The van der Waals surface area contributed by atoms with E-state index in [1.807, 2.05) is 30.7 Å². The summed E-state index contributed by atoms with van der Waals surface area (Å²) in [5.74, 6) is 0.225. The summed E-state index contributed by atoms with van der Waals surface area (Å²) in [6.07, 6.45) is 5.46. The highest BCUT2D eigenvalue weighted by Crippen LogP contribution is 2.14. The van der Waals surface area contributed by atoms with Gasteiger partial charge in [-0.1, -0.05) is 6.92 Å². The van der Waals surface area contributed by atoms with Gasteiger partial charge in [-0.3, -0.25) is 4.79 Å². The van der Waals surface area contributed by atoms with Gasteiger partial charge in [0.15, 0.2) is 0 Å². The van der Waals surface area contributed by atoms with Gasteiger partial charge in [-0.15, -0.1) is 0 Å². The summed E-state index contributed by atoms with van der Waals surface area (Å²) in [5, 5.41) is 2.98. The second-order valence-electron chi connectivity index (χ2n) is 6.17. The molecule has 2 aromatic heterocycles. The number of carbonyl (C=O) groups is 1. The van der Waals surface area contributed by atoms with Crippen molar-refractivity contribution < 1.29 is 4.79 Å². The zero-order valence-corrected chi connectivity index (χ0v) is 14.2. The number of fused-ring (bicyclic) bond motifs is 1. The van der Waals surface area contributed by atoms with Gasteiger partial charge < -0.3 is 9.88 Å². The Hall–Kier alpha value is -2.76. The number of benzene rings is 1. The molecule has 3 aromatic rings. The topological polar surface area (TPSA) is 72.7 Å². The summed E-state index contributed by atoms with van der Waals surface area (Å²) in [6.45, 7) is 7.38. The van der Waals surface area contributed by atoms with Crippen LogP contribution in [0, 0.1) is 19.8 Å². The van der Waals surface area contributed by atoms with Crippen LogP contribution in [0.4, 0.5) is 0 Å². The fourth-order valence-corrected chi connectivity index (χ4v) is 2.56. The van der Waals surface area contributed by atoms with Crippen LogP contribution in [0.15, 0.2) is 36.9 Å².